The predicted octanol–water partition coefficient (Wildman–Crippen LogP) is 4.72. The molecule has 0 unspecified atom stereocenters. The highest BCUT2D eigenvalue weighted by Gasteiger charge is 2.27. The number of rotatable bonds is 6. The standard InChI is InChI=1S/C24H27ClFN3O2S/c25-19-6-5-7-20(26)18(19)15-29-21-14-17(8-9-22(21)32-16-23(29)30)24(31)27-10-13-28-11-3-1-2-4-12-28/h5-9,14H,1-4,10-13,15-16H2,(H,27,31). The predicted molar refractivity (Wildman–Crippen MR) is 127 cm³/mol. The molecule has 2 aromatic rings. The van der Waals surface area contributed by atoms with Crippen LogP contribution in [0.3, 0.4) is 0 Å². The molecule has 2 aliphatic rings. The van der Waals surface area contributed by atoms with Crippen LogP contribution in [0.4, 0.5) is 10.1 Å². The Kier molecular flexibility index (Phi) is 7.71. The van der Waals surface area contributed by atoms with E-state index in [9.17, 15) is 14.0 Å². The van der Waals surface area contributed by atoms with Gasteiger partial charge in [-0.1, -0.05) is 30.5 Å². The number of carbonyl (C=O) groups excluding carboxylic acids is 2. The maximum atomic E-state index is 14.3. The summed E-state index contributed by atoms with van der Waals surface area (Å²) in [5, 5.41) is 3.27. The van der Waals surface area contributed by atoms with Crippen molar-refractivity contribution in [1.29, 1.82) is 0 Å². The van der Waals surface area contributed by atoms with E-state index in [1.165, 1.54) is 54.5 Å². The molecular formula is C24H27ClFN3O2S. The lowest BCUT2D eigenvalue weighted by Gasteiger charge is -2.30. The fourth-order valence-electron chi connectivity index (χ4n) is 4.15. The highest BCUT2D eigenvalue weighted by Crippen LogP contribution is 2.37. The van der Waals surface area contributed by atoms with E-state index in [-0.39, 0.29) is 34.7 Å². The Morgan fingerprint density at radius 2 is 1.91 bits per heavy atom. The van der Waals surface area contributed by atoms with Gasteiger partial charge in [0.1, 0.15) is 5.82 Å². The van der Waals surface area contributed by atoms with Gasteiger partial charge in [0.2, 0.25) is 5.91 Å². The van der Waals surface area contributed by atoms with Crippen molar-refractivity contribution < 1.29 is 14.0 Å². The minimum atomic E-state index is -0.451. The van der Waals surface area contributed by atoms with Crippen LogP contribution in [0.5, 0.6) is 0 Å². The van der Waals surface area contributed by atoms with Gasteiger partial charge in [-0.05, 0) is 56.3 Å². The Bertz CT molecular complexity index is 975. The average molecular weight is 476 g/mol. The smallest absolute Gasteiger partial charge is 0.251 e. The topological polar surface area (TPSA) is 52.7 Å². The van der Waals surface area contributed by atoms with Crippen LogP contribution >= 0.6 is 23.4 Å². The zero-order valence-corrected chi connectivity index (χ0v) is 19.5. The quantitative estimate of drug-likeness (QED) is 0.656. The minimum absolute atomic E-state index is 0.0257. The Morgan fingerprint density at radius 1 is 1.12 bits per heavy atom. The van der Waals surface area contributed by atoms with Crippen LogP contribution in [0.1, 0.15) is 41.6 Å². The van der Waals surface area contributed by atoms with Crippen LogP contribution in [-0.2, 0) is 11.3 Å². The van der Waals surface area contributed by atoms with Gasteiger partial charge in [0, 0.05) is 34.1 Å². The molecule has 4 rings (SSSR count). The third-order valence-electron chi connectivity index (χ3n) is 5.95. The molecule has 0 spiro atoms. The molecular weight excluding hydrogens is 449 g/mol. The summed E-state index contributed by atoms with van der Waals surface area (Å²) in [6, 6.07) is 9.83. The second kappa shape index (κ2) is 10.7. The number of benzene rings is 2. The summed E-state index contributed by atoms with van der Waals surface area (Å²) in [4.78, 5) is 30.3. The molecule has 1 N–H and O–H groups in total. The molecule has 5 nitrogen and oxygen atoms in total. The lowest BCUT2D eigenvalue weighted by atomic mass is 10.1. The summed E-state index contributed by atoms with van der Waals surface area (Å²) in [5.41, 5.74) is 1.37. The summed E-state index contributed by atoms with van der Waals surface area (Å²) in [6.45, 7) is 3.61. The first-order valence-corrected chi connectivity index (χ1v) is 12.4. The molecule has 2 heterocycles. The molecule has 0 atom stereocenters. The Morgan fingerprint density at radius 3 is 2.66 bits per heavy atom. The molecule has 0 saturated carbocycles. The second-order valence-corrected chi connectivity index (χ2v) is 9.59. The number of hydrogen-bond donors (Lipinski definition) is 1. The number of hydrogen-bond acceptors (Lipinski definition) is 4. The van der Waals surface area contributed by atoms with Gasteiger partial charge in [-0.25, -0.2) is 4.39 Å². The first-order valence-electron chi connectivity index (χ1n) is 11.0. The van der Waals surface area contributed by atoms with Crippen molar-refractivity contribution in [3.63, 3.8) is 0 Å². The summed E-state index contributed by atoms with van der Waals surface area (Å²) >= 11 is 7.61. The number of nitrogens with one attached hydrogen (secondary N) is 1. The van der Waals surface area contributed by atoms with Gasteiger partial charge < -0.3 is 15.1 Å². The molecule has 2 aliphatic heterocycles. The van der Waals surface area contributed by atoms with Gasteiger partial charge in [0.05, 0.1) is 18.0 Å². The van der Waals surface area contributed by atoms with Crippen molar-refractivity contribution in [2.24, 2.45) is 0 Å². The SMILES string of the molecule is O=C(NCCN1CCCCCC1)c1ccc2c(c1)N(Cc1c(F)cccc1Cl)C(=O)CS2. The summed E-state index contributed by atoms with van der Waals surface area (Å²) in [5.74, 6) is -0.497. The first kappa shape index (κ1) is 23.1. The number of anilines is 1. The van der Waals surface area contributed by atoms with Crippen LogP contribution in [0.2, 0.25) is 5.02 Å². The third kappa shape index (κ3) is 5.45. The van der Waals surface area contributed by atoms with E-state index in [0.717, 1.165) is 24.5 Å². The van der Waals surface area contributed by atoms with Crippen LogP contribution in [0.25, 0.3) is 0 Å². The molecule has 170 valence electrons. The summed E-state index contributed by atoms with van der Waals surface area (Å²) < 4.78 is 14.3. The average Bonchev–Trinajstić information content (AvgIpc) is 3.06. The second-order valence-electron chi connectivity index (χ2n) is 8.16. The molecule has 0 radical (unpaired) electrons. The maximum absolute atomic E-state index is 14.3. The molecule has 2 aromatic carbocycles. The monoisotopic (exact) mass is 475 g/mol. The lowest BCUT2D eigenvalue weighted by Crippen LogP contribution is -2.36. The highest BCUT2D eigenvalue weighted by molar-refractivity contribution is 8.00. The van der Waals surface area contributed by atoms with Crippen molar-refractivity contribution >= 4 is 40.9 Å². The molecule has 0 aromatic heterocycles. The molecule has 2 amide bonds. The van der Waals surface area contributed by atoms with Crippen molar-refractivity contribution in [1.82, 2.24) is 10.2 Å². The van der Waals surface area contributed by atoms with Crippen molar-refractivity contribution in [2.45, 2.75) is 37.1 Å². The first-order chi connectivity index (χ1) is 15.5. The summed E-state index contributed by atoms with van der Waals surface area (Å²) in [6.07, 6.45) is 4.99. The normalized spacial score (nSPS) is 17.1. The molecule has 8 heteroatoms. The van der Waals surface area contributed by atoms with Crippen molar-refractivity contribution in [3.8, 4) is 0 Å². The number of amides is 2. The lowest BCUT2D eigenvalue weighted by molar-refractivity contribution is -0.116. The van der Waals surface area contributed by atoms with E-state index in [1.807, 2.05) is 6.07 Å². The zero-order chi connectivity index (χ0) is 22.5. The largest absolute Gasteiger partial charge is 0.351 e. The zero-order valence-electron chi connectivity index (χ0n) is 17.9. The van der Waals surface area contributed by atoms with Gasteiger partial charge in [0.15, 0.2) is 0 Å². The van der Waals surface area contributed by atoms with Gasteiger partial charge in [-0.3, -0.25) is 9.59 Å². The summed E-state index contributed by atoms with van der Waals surface area (Å²) in [7, 11) is 0. The van der Waals surface area contributed by atoms with E-state index in [4.69, 9.17) is 11.6 Å². The Labute approximate surface area is 197 Å². The maximum Gasteiger partial charge on any atom is 0.251 e. The van der Waals surface area contributed by atoms with Gasteiger partial charge in [0.25, 0.3) is 5.91 Å². The molecule has 1 fully saturated rings. The van der Waals surface area contributed by atoms with Crippen LogP contribution in [0, 0.1) is 5.82 Å². The van der Waals surface area contributed by atoms with Gasteiger partial charge >= 0.3 is 0 Å². The molecule has 32 heavy (non-hydrogen) atoms. The van der Waals surface area contributed by atoms with Crippen LogP contribution in [-0.4, -0.2) is 48.6 Å². The number of likely N-dealkylation sites (tertiary alicyclic amines) is 1. The van der Waals surface area contributed by atoms with E-state index in [0.29, 0.717) is 17.8 Å². The third-order valence-corrected chi connectivity index (χ3v) is 7.36. The van der Waals surface area contributed by atoms with E-state index in [1.54, 1.807) is 18.2 Å². The number of carbonyl (C=O) groups is 2. The number of nitrogens with zero attached hydrogens (tertiary/aromatic N) is 2. The molecule has 0 bridgehead atoms. The minimum Gasteiger partial charge on any atom is -0.351 e. The van der Waals surface area contributed by atoms with E-state index < -0.39 is 5.82 Å². The van der Waals surface area contributed by atoms with E-state index in [2.05, 4.69) is 10.2 Å². The number of fused-ring (bicyclic) bond motifs is 1. The van der Waals surface area contributed by atoms with Gasteiger partial charge in [-0.2, -0.15) is 0 Å². The van der Waals surface area contributed by atoms with Crippen LogP contribution in [0.15, 0.2) is 41.3 Å². The highest BCUT2D eigenvalue weighted by atomic mass is 35.5. The molecule has 0 aliphatic carbocycles. The van der Waals surface area contributed by atoms with Crippen LogP contribution < -0.4 is 10.2 Å². The van der Waals surface area contributed by atoms with E-state index >= 15 is 0 Å². The fourth-order valence-corrected chi connectivity index (χ4v) is 5.29. The Balaban J connectivity index is 1.47. The number of thioether (sulfide) groups is 1. The fraction of sp³-hybridized carbons (Fsp3) is 0.417. The molecule has 1 saturated heterocycles. The van der Waals surface area contributed by atoms with Crippen molar-refractivity contribution in [2.75, 3.05) is 36.8 Å². The van der Waals surface area contributed by atoms with Crippen molar-refractivity contribution in [3.05, 3.63) is 58.4 Å². The number of halogens is 2. The Hall–Kier alpha value is -2.09. The van der Waals surface area contributed by atoms with Gasteiger partial charge in [-0.15, -0.1) is 11.8 Å².